The van der Waals surface area contributed by atoms with Gasteiger partial charge in [0, 0.05) is 36.3 Å². The smallest absolute Gasteiger partial charge is 0.226 e. The molecular formula is C22H27N5O2. The van der Waals surface area contributed by atoms with Crippen molar-refractivity contribution >= 4 is 17.5 Å². The molecule has 1 N–H and O–H groups in total. The van der Waals surface area contributed by atoms with E-state index in [1.54, 1.807) is 0 Å². The minimum Gasteiger partial charge on any atom is -0.345 e. The van der Waals surface area contributed by atoms with Crippen LogP contribution in [0.5, 0.6) is 0 Å². The van der Waals surface area contributed by atoms with Crippen molar-refractivity contribution in [3.63, 3.8) is 0 Å². The Morgan fingerprint density at radius 3 is 2.83 bits per heavy atom. The van der Waals surface area contributed by atoms with Gasteiger partial charge in [-0.2, -0.15) is 5.10 Å². The SMILES string of the molecule is C#CCNC(=O)CCc1c(C)nc2cc([C@@H]3CCCN3C(=O)C3CC3)nn2c1C. The fraction of sp³-hybridized carbons (Fsp3) is 0.545. The van der Waals surface area contributed by atoms with E-state index >= 15 is 0 Å². The molecular weight excluding hydrogens is 366 g/mol. The van der Waals surface area contributed by atoms with Crippen molar-refractivity contribution < 1.29 is 9.59 Å². The Balaban J connectivity index is 1.57. The zero-order valence-corrected chi connectivity index (χ0v) is 17.1. The van der Waals surface area contributed by atoms with Crippen molar-refractivity contribution in [1.82, 2.24) is 24.8 Å². The topological polar surface area (TPSA) is 79.6 Å². The summed E-state index contributed by atoms with van der Waals surface area (Å²) < 4.78 is 1.86. The van der Waals surface area contributed by atoms with Crippen LogP contribution in [0, 0.1) is 32.1 Å². The molecule has 0 spiro atoms. The zero-order valence-electron chi connectivity index (χ0n) is 17.1. The van der Waals surface area contributed by atoms with Gasteiger partial charge in [-0.25, -0.2) is 9.50 Å². The summed E-state index contributed by atoms with van der Waals surface area (Å²) in [5, 5.41) is 7.51. The number of nitrogens with zero attached hydrogens (tertiary/aromatic N) is 4. The normalized spacial score (nSPS) is 18.8. The van der Waals surface area contributed by atoms with Gasteiger partial charge < -0.3 is 10.2 Å². The van der Waals surface area contributed by atoms with Crippen molar-refractivity contribution in [3.8, 4) is 12.3 Å². The molecule has 1 atom stereocenters. The molecule has 0 unspecified atom stereocenters. The molecule has 1 saturated carbocycles. The molecule has 152 valence electrons. The van der Waals surface area contributed by atoms with Gasteiger partial charge in [0.25, 0.3) is 0 Å². The maximum absolute atomic E-state index is 12.6. The van der Waals surface area contributed by atoms with Gasteiger partial charge in [0.2, 0.25) is 11.8 Å². The molecule has 4 rings (SSSR count). The summed E-state index contributed by atoms with van der Waals surface area (Å²) in [6.45, 7) is 5.03. The highest BCUT2D eigenvalue weighted by atomic mass is 16.2. The summed E-state index contributed by atoms with van der Waals surface area (Å²) in [6.07, 6.45) is 10.1. The molecule has 0 radical (unpaired) electrons. The van der Waals surface area contributed by atoms with Gasteiger partial charge in [0.1, 0.15) is 0 Å². The average Bonchev–Trinajstić information content (AvgIpc) is 3.28. The van der Waals surface area contributed by atoms with Crippen LogP contribution in [0.3, 0.4) is 0 Å². The molecule has 2 aliphatic rings. The van der Waals surface area contributed by atoms with E-state index in [4.69, 9.17) is 16.5 Å². The van der Waals surface area contributed by atoms with Crippen LogP contribution >= 0.6 is 0 Å². The van der Waals surface area contributed by atoms with Crippen molar-refractivity contribution in [2.75, 3.05) is 13.1 Å². The van der Waals surface area contributed by atoms with Crippen LogP contribution in [0.4, 0.5) is 0 Å². The molecule has 2 amide bonds. The van der Waals surface area contributed by atoms with Crippen molar-refractivity contribution in [2.45, 2.75) is 58.4 Å². The van der Waals surface area contributed by atoms with Gasteiger partial charge in [0.15, 0.2) is 5.65 Å². The molecule has 7 nitrogen and oxygen atoms in total. The molecule has 0 bridgehead atoms. The number of nitrogens with one attached hydrogen (secondary N) is 1. The van der Waals surface area contributed by atoms with Gasteiger partial charge in [-0.05, 0) is 51.5 Å². The van der Waals surface area contributed by atoms with E-state index in [1.165, 1.54) is 0 Å². The van der Waals surface area contributed by atoms with E-state index in [-0.39, 0.29) is 30.3 Å². The molecule has 3 heterocycles. The number of hydrogen-bond donors (Lipinski definition) is 1. The second-order valence-corrected chi connectivity index (χ2v) is 8.05. The first-order valence-electron chi connectivity index (χ1n) is 10.4. The summed E-state index contributed by atoms with van der Waals surface area (Å²) >= 11 is 0. The van der Waals surface area contributed by atoms with Crippen LogP contribution < -0.4 is 5.32 Å². The Labute approximate surface area is 170 Å². The largest absolute Gasteiger partial charge is 0.345 e. The van der Waals surface area contributed by atoms with Crippen LogP contribution in [-0.4, -0.2) is 44.4 Å². The third-order valence-electron chi connectivity index (χ3n) is 5.98. The predicted molar refractivity (Wildman–Crippen MR) is 109 cm³/mol. The minimum atomic E-state index is -0.0665. The van der Waals surface area contributed by atoms with E-state index < -0.39 is 0 Å². The molecule has 2 aromatic rings. The number of carbonyl (C=O) groups excluding carboxylic acids is 2. The van der Waals surface area contributed by atoms with Crippen LogP contribution in [0.25, 0.3) is 5.65 Å². The van der Waals surface area contributed by atoms with Crippen LogP contribution in [0.1, 0.15) is 60.8 Å². The number of amides is 2. The van der Waals surface area contributed by atoms with Crippen LogP contribution in [0.15, 0.2) is 6.07 Å². The summed E-state index contributed by atoms with van der Waals surface area (Å²) in [5.74, 6) is 2.85. The zero-order chi connectivity index (χ0) is 20.5. The molecule has 2 fully saturated rings. The van der Waals surface area contributed by atoms with E-state index in [0.717, 1.165) is 60.5 Å². The summed E-state index contributed by atoms with van der Waals surface area (Å²) in [6, 6.07) is 2.05. The number of aryl methyl sites for hydroxylation is 2. The Morgan fingerprint density at radius 2 is 2.10 bits per heavy atom. The molecule has 29 heavy (non-hydrogen) atoms. The Morgan fingerprint density at radius 1 is 1.31 bits per heavy atom. The third-order valence-corrected chi connectivity index (χ3v) is 5.98. The molecule has 2 aromatic heterocycles. The number of likely N-dealkylation sites (tertiary alicyclic amines) is 1. The number of carbonyl (C=O) groups is 2. The fourth-order valence-corrected chi connectivity index (χ4v) is 4.25. The second-order valence-electron chi connectivity index (χ2n) is 8.05. The lowest BCUT2D eigenvalue weighted by Gasteiger charge is -2.23. The predicted octanol–water partition coefficient (Wildman–Crippen LogP) is 2.10. The molecule has 7 heteroatoms. The summed E-state index contributed by atoms with van der Waals surface area (Å²) in [5.41, 5.74) is 4.63. The fourth-order valence-electron chi connectivity index (χ4n) is 4.25. The lowest BCUT2D eigenvalue weighted by atomic mass is 10.1. The summed E-state index contributed by atoms with van der Waals surface area (Å²) in [4.78, 5) is 31.3. The van der Waals surface area contributed by atoms with Gasteiger partial charge in [-0.1, -0.05) is 5.92 Å². The van der Waals surface area contributed by atoms with Crippen molar-refractivity contribution in [1.29, 1.82) is 0 Å². The first-order valence-corrected chi connectivity index (χ1v) is 10.4. The lowest BCUT2D eigenvalue weighted by Crippen LogP contribution is -2.31. The Kier molecular flexibility index (Phi) is 5.27. The number of fused-ring (bicyclic) bond motifs is 1. The van der Waals surface area contributed by atoms with E-state index in [9.17, 15) is 9.59 Å². The lowest BCUT2D eigenvalue weighted by molar-refractivity contribution is -0.133. The van der Waals surface area contributed by atoms with Crippen molar-refractivity contribution in [2.24, 2.45) is 5.92 Å². The second kappa shape index (κ2) is 7.86. The first-order chi connectivity index (χ1) is 14.0. The standard InChI is InChI=1S/C22H27N5O2/c1-4-11-23-21(28)10-9-17-14(2)24-20-13-18(25-27(20)15(17)3)19-6-5-12-26(19)22(29)16-7-8-16/h1,13,16,19H,5-12H2,2-3H3,(H,23,28)/t19-/m0/s1. The van der Waals surface area contributed by atoms with Crippen LogP contribution in [-0.2, 0) is 16.0 Å². The van der Waals surface area contributed by atoms with E-state index in [2.05, 4.69) is 11.2 Å². The van der Waals surface area contributed by atoms with E-state index in [1.807, 2.05) is 29.3 Å². The molecule has 1 aliphatic carbocycles. The first kappa shape index (κ1) is 19.4. The molecule has 0 aromatic carbocycles. The number of aromatic nitrogens is 3. The average molecular weight is 393 g/mol. The molecule has 1 saturated heterocycles. The highest BCUT2D eigenvalue weighted by molar-refractivity contribution is 5.81. The Bertz CT molecular complexity index is 999. The van der Waals surface area contributed by atoms with Gasteiger partial charge in [-0.3, -0.25) is 9.59 Å². The molecule has 1 aliphatic heterocycles. The van der Waals surface area contributed by atoms with Gasteiger partial charge in [0.05, 0.1) is 18.3 Å². The quantitative estimate of drug-likeness (QED) is 0.763. The number of hydrogen-bond acceptors (Lipinski definition) is 4. The maximum Gasteiger partial charge on any atom is 0.226 e. The van der Waals surface area contributed by atoms with Crippen molar-refractivity contribution in [3.05, 3.63) is 28.7 Å². The maximum atomic E-state index is 12.6. The number of terminal acetylenes is 1. The summed E-state index contributed by atoms with van der Waals surface area (Å²) in [7, 11) is 0. The minimum absolute atomic E-state index is 0.0440. The van der Waals surface area contributed by atoms with Gasteiger partial charge >= 0.3 is 0 Å². The van der Waals surface area contributed by atoms with Crippen LogP contribution in [0.2, 0.25) is 0 Å². The number of rotatable bonds is 6. The third kappa shape index (κ3) is 3.84. The van der Waals surface area contributed by atoms with Gasteiger partial charge in [-0.15, -0.1) is 6.42 Å². The van der Waals surface area contributed by atoms with E-state index in [0.29, 0.717) is 12.8 Å². The highest BCUT2D eigenvalue weighted by Gasteiger charge is 2.39. The highest BCUT2D eigenvalue weighted by Crippen LogP contribution is 2.38. The monoisotopic (exact) mass is 393 g/mol. The Hall–Kier alpha value is -2.88.